The number of likely N-dealkylation sites (tertiary alicyclic amines) is 1. The van der Waals surface area contributed by atoms with Crippen molar-refractivity contribution in [2.24, 2.45) is 0 Å². The van der Waals surface area contributed by atoms with Crippen LogP contribution in [0.2, 0.25) is 0 Å². The van der Waals surface area contributed by atoms with Crippen molar-refractivity contribution < 1.29 is 41.6 Å². The zero-order valence-electron chi connectivity index (χ0n) is 24.1. The SMILES string of the molecule is CC(C)(C)OC(=O)N1CCC[C@H]1CNC(=O)[C@H](O)c1ccc(-c2noc(-c3onc(-c4ccccc4)c3C(F)(F)F)n2)cc1. The number of carbonyl (C=O) groups excluding carboxylic acids is 2. The monoisotopic (exact) mass is 613 g/mol. The number of nitrogens with zero attached hydrogens (tertiary/aromatic N) is 4. The molecule has 1 saturated heterocycles. The van der Waals surface area contributed by atoms with E-state index < -0.39 is 52.8 Å². The number of rotatable bonds is 7. The van der Waals surface area contributed by atoms with E-state index in [1.54, 1.807) is 43.9 Å². The second-order valence-electron chi connectivity index (χ2n) is 11.3. The van der Waals surface area contributed by atoms with Crippen LogP contribution in [0, 0.1) is 0 Å². The van der Waals surface area contributed by atoms with Gasteiger partial charge < -0.3 is 29.1 Å². The summed E-state index contributed by atoms with van der Waals surface area (Å²) in [6, 6.07) is 13.4. The molecule has 0 spiro atoms. The molecule has 2 aromatic carbocycles. The van der Waals surface area contributed by atoms with E-state index in [2.05, 4.69) is 20.6 Å². The molecular formula is C30H30F3N5O6. The van der Waals surface area contributed by atoms with Gasteiger partial charge >= 0.3 is 12.3 Å². The number of hydrogen-bond donors (Lipinski definition) is 2. The van der Waals surface area contributed by atoms with Crippen molar-refractivity contribution >= 4 is 12.0 Å². The fraction of sp³-hybridized carbons (Fsp3) is 0.367. The van der Waals surface area contributed by atoms with E-state index in [-0.39, 0.29) is 29.5 Å². The van der Waals surface area contributed by atoms with Crippen LogP contribution < -0.4 is 5.32 Å². The standard InChI is InChI=1S/C30H30F3N5O6/c1-29(2,3)42-28(41)38-15-7-10-20(38)16-34-26(40)23(39)18-11-13-19(14-12-18)25-35-27(44-37-25)24-21(30(31,32)33)22(36-43-24)17-8-5-4-6-9-17/h4-6,8-9,11-14,20,23,39H,7,10,15-16H2,1-3H3,(H,34,40)/t20-,23+/m0/s1. The van der Waals surface area contributed by atoms with Gasteiger partial charge in [-0.15, -0.1) is 0 Å². The van der Waals surface area contributed by atoms with E-state index in [1.807, 2.05) is 0 Å². The summed E-state index contributed by atoms with van der Waals surface area (Å²) >= 11 is 0. The molecule has 3 heterocycles. The number of halogens is 3. The van der Waals surface area contributed by atoms with Crippen LogP contribution in [-0.4, -0.2) is 62.0 Å². The molecule has 2 atom stereocenters. The summed E-state index contributed by atoms with van der Waals surface area (Å²) in [6.45, 7) is 5.99. The van der Waals surface area contributed by atoms with E-state index in [0.29, 0.717) is 18.5 Å². The van der Waals surface area contributed by atoms with Crippen LogP contribution in [0.4, 0.5) is 18.0 Å². The Morgan fingerprint density at radius 2 is 1.75 bits per heavy atom. The summed E-state index contributed by atoms with van der Waals surface area (Å²) in [5, 5.41) is 20.7. The normalized spacial score (nSPS) is 16.2. The smallest absolute Gasteiger partial charge is 0.422 e. The first-order valence-electron chi connectivity index (χ1n) is 13.8. The second kappa shape index (κ2) is 12.1. The highest BCUT2D eigenvalue weighted by Gasteiger charge is 2.43. The highest BCUT2D eigenvalue weighted by atomic mass is 19.4. The van der Waals surface area contributed by atoms with Crippen molar-refractivity contribution in [3.8, 4) is 34.3 Å². The maximum Gasteiger partial charge on any atom is 0.422 e. The lowest BCUT2D eigenvalue weighted by Crippen LogP contribution is -2.45. The topological polar surface area (TPSA) is 144 Å². The third-order valence-electron chi connectivity index (χ3n) is 6.89. The lowest BCUT2D eigenvalue weighted by Gasteiger charge is -2.28. The molecule has 11 nitrogen and oxygen atoms in total. The minimum atomic E-state index is -4.82. The van der Waals surface area contributed by atoms with Gasteiger partial charge in [0.15, 0.2) is 6.10 Å². The lowest BCUT2D eigenvalue weighted by atomic mass is 10.1. The number of amides is 2. The molecule has 1 aliphatic heterocycles. The Bertz CT molecular complexity index is 1610. The number of nitrogens with one attached hydrogen (secondary N) is 1. The molecule has 4 aromatic rings. The Balaban J connectivity index is 1.25. The van der Waals surface area contributed by atoms with Gasteiger partial charge in [-0.25, -0.2) is 4.79 Å². The third kappa shape index (κ3) is 6.75. The second-order valence-corrected chi connectivity index (χ2v) is 11.3. The summed E-state index contributed by atoms with van der Waals surface area (Å²) in [4.78, 5) is 30.8. The Hall–Kier alpha value is -4.72. The number of aliphatic hydroxyl groups is 1. The van der Waals surface area contributed by atoms with Gasteiger partial charge in [0.1, 0.15) is 16.9 Å². The van der Waals surface area contributed by atoms with Gasteiger partial charge in [0.25, 0.3) is 11.8 Å². The molecule has 5 rings (SSSR count). The molecule has 2 aromatic heterocycles. The lowest BCUT2D eigenvalue weighted by molar-refractivity contribution is -0.137. The number of aromatic nitrogens is 3. The van der Waals surface area contributed by atoms with E-state index in [1.165, 1.54) is 36.4 Å². The van der Waals surface area contributed by atoms with Crippen molar-refractivity contribution in [3.63, 3.8) is 0 Å². The Morgan fingerprint density at radius 1 is 1.05 bits per heavy atom. The molecule has 0 bridgehead atoms. The van der Waals surface area contributed by atoms with Gasteiger partial charge in [0, 0.05) is 24.2 Å². The number of ether oxygens (including phenoxy) is 1. The fourth-order valence-electron chi connectivity index (χ4n) is 4.81. The minimum absolute atomic E-state index is 0.0419. The summed E-state index contributed by atoms with van der Waals surface area (Å²) in [5.74, 6) is -1.93. The molecule has 1 fully saturated rings. The Kier molecular flexibility index (Phi) is 8.46. The van der Waals surface area contributed by atoms with Gasteiger partial charge in [0.05, 0.1) is 6.04 Å². The Labute approximate surface area is 250 Å². The molecule has 0 radical (unpaired) electrons. The first-order chi connectivity index (χ1) is 20.8. The van der Waals surface area contributed by atoms with Crippen LogP contribution in [0.15, 0.2) is 63.6 Å². The van der Waals surface area contributed by atoms with Crippen LogP contribution in [0.25, 0.3) is 34.3 Å². The van der Waals surface area contributed by atoms with Crippen molar-refractivity contribution in [2.45, 2.75) is 57.5 Å². The van der Waals surface area contributed by atoms with E-state index in [9.17, 15) is 27.9 Å². The van der Waals surface area contributed by atoms with Crippen LogP contribution in [-0.2, 0) is 15.7 Å². The van der Waals surface area contributed by atoms with Crippen LogP contribution in [0.5, 0.6) is 0 Å². The van der Waals surface area contributed by atoms with Gasteiger partial charge in [-0.1, -0.05) is 64.9 Å². The van der Waals surface area contributed by atoms with Crippen molar-refractivity contribution in [3.05, 3.63) is 65.7 Å². The number of alkyl halides is 3. The van der Waals surface area contributed by atoms with E-state index in [4.69, 9.17) is 13.8 Å². The summed E-state index contributed by atoms with van der Waals surface area (Å²) < 4.78 is 57.6. The maximum absolute atomic E-state index is 14.0. The molecule has 44 heavy (non-hydrogen) atoms. The van der Waals surface area contributed by atoms with E-state index in [0.717, 1.165) is 6.42 Å². The molecule has 2 N–H and O–H groups in total. The maximum atomic E-state index is 14.0. The molecule has 232 valence electrons. The van der Waals surface area contributed by atoms with Crippen molar-refractivity contribution in [1.29, 1.82) is 0 Å². The van der Waals surface area contributed by atoms with Gasteiger partial charge in [-0.05, 0) is 39.2 Å². The summed E-state index contributed by atoms with van der Waals surface area (Å²) in [5.41, 5.74) is -1.38. The molecule has 1 aliphatic rings. The van der Waals surface area contributed by atoms with Gasteiger partial charge in [-0.3, -0.25) is 4.79 Å². The predicted octanol–water partition coefficient (Wildman–Crippen LogP) is 5.63. The Morgan fingerprint density at radius 3 is 2.41 bits per heavy atom. The number of aliphatic hydroxyl groups excluding tert-OH is 1. The molecule has 0 saturated carbocycles. The summed E-state index contributed by atoms with van der Waals surface area (Å²) in [6.07, 6.45) is -5.34. The van der Waals surface area contributed by atoms with Crippen molar-refractivity contribution in [1.82, 2.24) is 25.5 Å². The number of carbonyl (C=O) groups is 2. The molecule has 0 aliphatic carbocycles. The van der Waals surface area contributed by atoms with E-state index >= 15 is 0 Å². The largest absolute Gasteiger partial charge is 0.444 e. The van der Waals surface area contributed by atoms with Gasteiger partial charge in [-0.2, -0.15) is 18.2 Å². The van der Waals surface area contributed by atoms with Crippen molar-refractivity contribution in [2.75, 3.05) is 13.1 Å². The van der Waals surface area contributed by atoms with Crippen LogP contribution in [0.1, 0.15) is 50.8 Å². The first-order valence-corrected chi connectivity index (χ1v) is 13.8. The zero-order chi connectivity index (χ0) is 31.6. The zero-order valence-corrected chi connectivity index (χ0v) is 24.1. The average Bonchev–Trinajstić information content (AvgIpc) is 3.74. The number of benzene rings is 2. The van der Waals surface area contributed by atoms with Crippen LogP contribution >= 0.6 is 0 Å². The first kappa shape index (κ1) is 30.7. The van der Waals surface area contributed by atoms with Gasteiger partial charge in [0.2, 0.25) is 11.6 Å². The highest BCUT2D eigenvalue weighted by molar-refractivity contribution is 5.82. The molecule has 2 amide bonds. The highest BCUT2D eigenvalue weighted by Crippen LogP contribution is 2.43. The summed E-state index contributed by atoms with van der Waals surface area (Å²) in [7, 11) is 0. The average molecular weight is 614 g/mol. The fourth-order valence-corrected chi connectivity index (χ4v) is 4.81. The number of hydrogen-bond acceptors (Lipinski definition) is 9. The molecular weight excluding hydrogens is 583 g/mol. The predicted molar refractivity (Wildman–Crippen MR) is 150 cm³/mol. The molecule has 0 unspecified atom stereocenters. The molecule has 14 heteroatoms. The minimum Gasteiger partial charge on any atom is -0.444 e. The van der Waals surface area contributed by atoms with Crippen LogP contribution in [0.3, 0.4) is 0 Å². The third-order valence-corrected chi connectivity index (χ3v) is 6.89. The quantitative estimate of drug-likeness (QED) is 0.271.